The van der Waals surface area contributed by atoms with Crippen LogP contribution in [0.1, 0.15) is 11.1 Å². The molecule has 0 bridgehead atoms. The van der Waals surface area contributed by atoms with Crippen molar-refractivity contribution in [3.8, 4) is 11.5 Å². The molecule has 0 N–H and O–H groups in total. The SMILES string of the molecule is CS(=O)(=O)N(C(=O)OCc1ccccc1)c1cc(OCC2CO2)ccc1OCc1ccccc1. The lowest BCUT2D eigenvalue weighted by atomic mass is 10.2. The van der Waals surface area contributed by atoms with Crippen molar-refractivity contribution in [1.29, 1.82) is 0 Å². The van der Waals surface area contributed by atoms with Crippen molar-refractivity contribution in [2.45, 2.75) is 19.3 Å². The second-order valence-electron chi connectivity index (χ2n) is 7.74. The summed E-state index contributed by atoms with van der Waals surface area (Å²) in [6.07, 6.45) is -0.0959. The summed E-state index contributed by atoms with van der Waals surface area (Å²) in [6.45, 7) is 1.04. The summed E-state index contributed by atoms with van der Waals surface area (Å²) < 4.78 is 48.1. The standard InChI is InChI=1S/C25H25NO7S/c1-34(28,29)26(25(27)33-16-20-10-6-3-7-11-20)23-14-21(30-17-22-18-31-22)12-13-24(23)32-15-19-8-4-2-5-9-19/h2-14,22H,15-18H2,1H3. The number of anilines is 1. The van der Waals surface area contributed by atoms with Crippen molar-refractivity contribution < 1.29 is 32.2 Å². The van der Waals surface area contributed by atoms with Crippen molar-refractivity contribution in [3.63, 3.8) is 0 Å². The van der Waals surface area contributed by atoms with Crippen LogP contribution in [0.5, 0.6) is 11.5 Å². The Balaban J connectivity index is 1.61. The molecule has 4 rings (SSSR count). The second kappa shape index (κ2) is 10.6. The Morgan fingerprint density at radius 2 is 1.56 bits per heavy atom. The molecule has 1 atom stereocenters. The fourth-order valence-electron chi connectivity index (χ4n) is 3.15. The molecule has 1 amide bonds. The van der Waals surface area contributed by atoms with Gasteiger partial charge in [0.05, 0.1) is 12.9 Å². The number of benzene rings is 3. The third-order valence-electron chi connectivity index (χ3n) is 4.93. The molecule has 1 aliphatic rings. The van der Waals surface area contributed by atoms with Crippen molar-refractivity contribution in [2.75, 3.05) is 23.8 Å². The average molecular weight is 484 g/mol. The summed E-state index contributed by atoms with van der Waals surface area (Å²) >= 11 is 0. The molecule has 0 saturated carbocycles. The Labute approximate surface area is 198 Å². The monoisotopic (exact) mass is 483 g/mol. The number of hydrogen-bond acceptors (Lipinski definition) is 7. The largest absolute Gasteiger partial charge is 0.491 e. The molecule has 178 valence electrons. The lowest BCUT2D eigenvalue weighted by molar-refractivity contribution is 0.151. The molecule has 0 aliphatic carbocycles. The fraction of sp³-hybridized carbons (Fsp3) is 0.240. The van der Waals surface area contributed by atoms with E-state index < -0.39 is 16.1 Å². The number of carbonyl (C=O) groups excluding carboxylic acids is 1. The Hall–Kier alpha value is -3.56. The van der Waals surface area contributed by atoms with Crippen LogP contribution in [-0.4, -0.2) is 40.1 Å². The van der Waals surface area contributed by atoms with Gasteiger partial charge in [0.1, 0.15) is 43.1 Å². The molecule has 0 aromatic heterocycles. The van der Waals surface area contributed by atoms with Crippen LogP contribution in [-0.2, 0) is 32.7 Å². The van der Waals surface area contributed by atoms with E-state index in [4.69, 9.17) is 18.9 Å². The Kier molecular flexibility index (Phi) is 7.34. The van der Waals surface area contributed by atoms with Crippen molar-refractivity contribution in [3.05, 3.63) is 90.0 Å². The molecule has 34 heavy (non-hydrogen) atoms. The number of epoxide rings is 1. The van der Waals surface area contributed by atoms with E-state index in [0.29, 0.717) is 23.3 Å². The van der Waals surface area contributed by atoms with E-state index in [2.05, 4.69) is 0 Å². The summed E-state index contributed by atoms with van der Waals surface area (Å²) in [5.74, 6) is 0.572. The third kappa shape index (κ3) is 6.49. The predicted molar refractivity (Wildman–Crippen MR) is 126 cm³/mol. The molecule has 0 radical (unpaired) electrons. The first-order valence-corrected chi connectivity index (χ1v) is 12.5. The number of ether oxygens (including phenoxy) is 4. The highest BCUT2D eigenvalue weighted by Gasteiger charge is 2.31. The molecule has 1 saturated heterocycles. The molecule has 1 fully saturated rings. The van der Waals surface area contributed by atoms with Crippen LogP contribution >= 0.6 is 0 Å². The van der Waals surface area contributed by atoms with Gasteiger partial charge in [-0.2, -0.15) is 4.31 Å². The second-order valence-corrected chi connectivity index (χ2v) is 9.57. The molecule has 8 nitrogen and oxygen atoms in total. The zero-order chi connectivity index (χ0) is 24.0. The number of hydrogen-bond donors (Lipinski definition) is 0. The van der Waals surface area contributed by atoms with E-state index in [9.17, 15) is 13.2 Å². The number of rotatable bonds is 10. The molecule has 3 aromatic rings. The van der Waals surface area contributed by atoms with Gasteiger partial charge in [0.25, 0.3) is 0 Å². The van der Waals surface area contributed by atoms with Gasteiger partial charge in [-0.05, 0) is 23.3 Å². The quantitative estimate of drug-likeness (QED) is 0.400. The van der Waals surface area contributed by atoms with E-state index in [-0.39, 0.29) is 30.8 Å². The first-order valence-electron chi connectivity index (χ1n) is 10.7. The van der Waals surface area contributed by atoms with E-state index in [0.717, 1.165) is 17.4 Å². The number of carbonyl (C=O) groups is 1. The van der Waals surface area contributed by atoms with Gasteiger partial charge in [0, 0.05) is 6.07 Å². The topological polar surface area (TPSA) is 94.7 Å². The molecule has 1 aliphatic heterocycles. The molecule has 0 spiro atoms. The maximum absolute atomic E-state index is 13.0. The van der Waals surface area contributed by atoms with Crippen molar-refractivity contribution in [2.24, 2.45) is 0 Å². The van der Waals surface area contributed by atoms with E-state index >= 15 is 0 Å². The van der Waals surface area contributed by atoms with Gasteiger partial charge < -0.3 is 18.9 Å². The minimum atomic E-state index is -4.06. The van der Waals surface area contributed by atoms with Crippen LogP contribution in [0.3, 0.4) is 0 Å². The first kappa shape index (κ1) is 23.6. The van der Waals surface area contributed by atoms with Gasteiger partial charge in [0.2, 0.25) is 10.0 Å². The van der Waals surface area contributed by atoms with E-state index in [1.807, 2.05) is 36.4 Å². The summed E-state index contributed by atoms with van der Waals surface area (Å²) in [5.41, 5.74) is 1.62. The van der Waals surface area contributed by atoms with Gasteiger partial charge in [-0.25, -0.2) is 13.2 Å². The zero-order valence-electron chi connectivity index (χ0n) is 18.6. The Bertz CT molecular complexity index is 1210. The number of sulfonamides is 1. The van der Waals surface area contributed by atoms with Gasteiger partial charge >= 0.3 is 6.09 Å². The van der Waals surface area contributed by atoms with Gasteiger partial charge in [-0.15, -0.1) is 0 Å². The van der Waals surface area contributed by atoms with Gasteiger partial charge in [-0.1, -0.05) is 60.7 Å². The Morgan fingerprint density at radius 1 is 0.941 bits per heavy atom. The minimum absolute atomic E-state index is 0.00529. The minimum Gasteiger partial charge on any atom is -0.491 e. The third-order valence-corrected chi connectivity index (χ3v) is 5.94. The zero-order valence-corrected chi connectivity index (χ0v) is 19.4. The van der Waals surface area contributed by atoms with Gasteiger partial charge in [-0.3, -0.25) is 0 Å². The van der Waals surface area contributed by atoms with Crippen LogP contribution in [0.2, 0.25) is 0 Å². The normalized spacial score (nSPS) is 14.8. The highest BCUT2D eigenvalue weighted by molar-refractivity contribution is 7.92. The smallest absolute Gasteiger partial charge is 0.428 e. The highest BCUT2D eigenvalue weighted by Crippen LogP contribution is 2.35. The predicted octanol–water partition coefficient (Wildman–Crippen LogP) is 4.15. The highest BCUT2D eigenvalue weighted by atomic mass is 32.2. The molecule has 3 aromatic carbocycles. The number of amides is 1. The first-order chi connectivity index (χ1) is 16.4. The summed E-state index contributed by atoms with van der Waals surface area (Å²) in [4.78, 5) is 13.0. The fourth-order valence-corrected chi connectivity index (χ4v) is 3.97. The number of nitrogens with zero attached hydrogens (tertiary/aromatic N) is 1. The van der Waals surface area contributed by atoms with Crippen LogP contribution < -0.4 is 13.8 Å². The molecular formula is C25H25NO7S. The molecular weight excluding hydrogens is 458 g/mol. The lowest BCUT2D eigenvalue weighted by Gasteiger charge is -2.23. The van der Waals surface area contributed by atoms with E-state index in [1.54, 1.807) is 36.4 Å². The van der Waals surface area contributed by atoms with Crippen LogP contribution in [0.4, 0.5) is 10.5 Å². The summed E-state index contributed by atoms with van der Waals surface area (Å²) in [6, 6.07) is 23.1. The maximum atomic E-state index is 13.0. The summed E-state index contributed by atoms with van der Waals surface area (Å²) in [5, 5.41) is 0. The summed E-state index contributed by atoms with van der Waals surface area (Å²) in [7, 11) is -4.06. The molecule has 1 heterocycles. The van der Waals surface area contributed by atoms with E-state index in [1.165, 1.54) is 6.07 Å². The molecule has 1 unspecified atom stereocenters. The van der Waals surface area contributed by atoms with Gasteiger partial charge in [0.15, 0.2) is 0 Å². The van der Waals surface area contributed by atoms with Crippen LogP contribution in [0.15, 0.2) is 78.9 Å². The van der Waals surface area contributed by atoms with Crippen LogP contribution in [0.25, 0.3) is 0 Å². The molecule has 9 heteroatoms. The maximum Gasteiger partial charge on any atom is 0.428 e. The average Bonchev–Trinajstić information content (AvgIpc) is 3.66. The van der Waals surface area contributed by atoms with Crippen molar-refractivity contribution in [1.82, 2.24) is 0 Å². The van der Waals surface area contributed by atoms with Crippen molar-refractivity contribution >= 4 is 21.8 Å². The Morgan fingerprint density at radius 3 is 2.15 bits per heavy atom. The lowest BCUT2D eigenvalue weighted by Crippen LogP contribution is -2.37. The van der Waals surface area contributed by atoms with Crippen LogP contribution in [0, 0.1) is 0 Å².